The smallest absolute Gasteiger partial charge is 0.268 e. The van der Waals surface area contributed by atoms with Crippen molar-refractivity contribution < 1.29 is 14.3 Å². The van der Waals surface area contributed by atoms with Gasteiger partial charge in [-0.2, -0.15) is 0 Å². The summed E-state index contributed by atoms with van der Waals surface area (Å²) in [5.74, 6) is 1.32. The standard InChI is InChI=1S/C22H29NO4S/c1-7-8-11-27-17-12-15(9-10-16(17)26-6)13-18-21(25)23(5)20(28-18)14-19(24)22(2,3)4/h9-10,12-14H,7-8,11H2,1-6H3/b18-13-,20-14-. The van der Waals surface area contributed by atoms with Crippen molar-refractivity contribution in [2.75, 3.05) is 13.7 Å². The molecule has 0 aliphatic heterocycles. The lowest BCUT2D eigenvalue weighted by Crippen LogP contribution is -2.30. The Kier molecular flexibility index (Phi) is 7.24. The molecular weight excluding hydrogens is 374 g/mol. The Labute approximate surface area is 169 Å². The topological polar surface area (TPSA) is 57.5 Å². The first-order valence-corrected chi connectivity index (χ1v) is 10.2. The van der Waals surface area contributed by atoms with Gasteiger partial charge in [0.05, 0.1) is 18.2 Å². The summed E-state index contributed by atoms with van der Waals surface area (Å²) in [4.78, 5) is 24.9. The highest BCUT2D eigenvalue weighted by Crippen LogP contribution is 2.28. The van der Waals surface area contributed by atoms with E-state index in [0.29, 0.717) is 27.3 Å². The minimum absolute atomic E-state index is 0.00745. The van der Waals surface area contributed by atoms with E-state index in [0.717, 1.165) is 18.4 Å². The highest BCUT2D eigenvalue weighted by molar-refractivity contribution is 7.07. The van der Waals surface area contributed by atoms with Crippen molar-refractivity contribution in [1.29, 1.82) is 0 Å². The van der Waals surface area contributed by atoms with Crippen molar-refractivity contribution in [2.24, 2.45) is 12.5 Å². The zero-order valence-corrected chi connectivity index (χ0v) is 18.3. The van der Waals surface area contributed by atoms with Crippen molar-refractivity contribution in [2.45, 2.75) is 40.5 Å². The first-order chi connectivity index (χ1) is 13.2. The molecule has 0 aliphatic rings. The van der Waals surface area contributed by atoms with E-state index in [1.807, 2.05) is 45.0 Å². The molecule has 152 valence electrons. The summed E-state index contributed by atoms with van der Waals surface area (Å²) >= 11 is 1.31. The van der Waals surface area contributed by atoms with Crippen LogP contribution in [-0.4, -0.2) is 24.1 Å². The Hall–Kier alpha value is -2.34. The van der Waals surface area contributed by atoms with Crippen LogP contribution >= 0.6 is 11.3 Å². The molecule has 1 heterocycles. The fourth-order valence-corrected chi connectivity index (χ4v) is 3.44. The maximum atomic E-state index is 12.6. The molecule has 5 nitrogen and oxygen atoms in total. The summed E-state index contributed by atoms with van der Waals surface area (Å²) in [6.45, 7) is 8.31. The van der Waals surface area contributed by atoms with Gasteiger partial charge in [0.25, 0.3) is 5.56 Å². The van der Waals surface area contributed by atoms with Crippen molar-refractivity contribution in [3.63, 3.8) is 0 Å². The van der Waals surface area contributed by atoms with Gasteiger partial charge < -0.3 is 14.0 Å². The fraction of sp³-hybridized carbons (Fsp3) is 0.455. The van der Waals surface area contributed by atoms with E-state index >= 15 is 0 Å². The summed E-state index contributed by atoms with van der Waals surface area (Å²) in [5, 5.41) is 0. The van der Waals surface area contributed by atoms with Gasteiger partial charge in [-0.05, 0) is 30.2 Å². The molecule has 0 amide bonds. The second-order valence-corrected chi connectivity index (χ2v) is 8.75. The SMILES string of the molecule is CCCCOc1cc(/C=c2\s/c(=C\C(=O)C(C)(C)C)n(C)c2=O)ccc1OC. The quantitative estimate of drug-likeness (QED) is 0.667. The molecule has 0 saturated heterocycles. The fourth-order valence-electron chi connectivity index (χ4n) is 2.41. The van der Waals surface area contributed by atoms with Crippen molar-refractivity contribution in [3.8, 4) is 11.5 Å². The van der Waals surface area contributed by atoms with E-state index in [2.05, 4.69) is 6.92 Å². The third-order valence-corrected chi connectivity index (χ3v) is 5.41. The van der Waals surface area contributed by atoms with Gasteiger partial charge in [-0.3, -0.25) is 9.59 Å². The Morgan fingerprint density at radius 1 is 1.25 bits per heavy atom. The van der Waals surface area contributed by atoms with Gasteiger partial charge in [0.1, 0.15) is 4.66 Å². The number of carbonyl (C=O) groups is 1. The van der Waals surface area contributed by atoms with E-state index in [1.165, 1.54) is 15.9 Å². The summed E-state index contributed by atoms with van der Waals surface area (Å²) in [5.41, 5.74) is 0.243. The largest absolute Gasteiger partial charge is 0.493 e. The van der Waals surface area contributed by atoms with Crippen LogP contribution < -0.4 is 24.2 Å². The highest BCUT2D eigenvalue weighted by atomic mass is 32.1. The Morgan fingerprint density at radius 2 is 1.96 bits per heavy atom. The molecule has 1 aromatic carbocycles. The summed E-state index contributed by atoms with van der Waals surface area (Å²) in [7, 11) is 3.29. The number of ketones is 1. The van der Waals surface area contributed by atoms with Gasteiger partial charge in [0.15, 0.2) is 17.3 Å². The molecule has 0 fully saturated rings. The molecule has 0 spiro atoms. The molecule has 2 aromatic rings. The molecule has 0 aliphatic carbocycles. The number of thiazole rings is 1. The number of hydrogen-bond donors (Lipinski definition) is 0. The predicted octanol–water partition coefficient (Wildman–Crippen LogP) is 2.86. The van der Waals surface area contributed by atoms with Crippen molar-refractivity contribution >= 4 is 29.3 Å². The number of hydrogen-bond acceptors (Lipinski definition) is 5. The van der Waals surface area contributed by atoms with Crippen molar-refractivity contribution in [1.82, 2.24) is 4.57 Å². The maximum Gasteiger partial charge on any atom is 0.268 e. The molecule has 6 heteroatoms. The molecule has 0 radical (unpaired) electrons. The summed E-state index contributed by atoms with van der Waals surface area (Å²) < 4.78 is 13.9. The van der Waals surface area contributed by atoms with Crippen LogP contribution in [0.2, 0.25) is 0 Å². The minimum atomic E-state index is -0.482. The number of nitrogens with zero attached hydrogens (tertiary/aromatic N) is 1. The highest BCUT2D eigenvalue weighted by Gasteiger charge is 2.19. The van der Waals surface area contributed by atoms with E-state index in [4.69, 9.17) is 9.47 Å². The van der Waals surface area contributed by atoms with Crippen LogP contribution in [0.25, 0.3) is 12.2 Å². The first-order valence-electron chi connectivity index (χ1n) is 9.42. The second kappa shape index (κ2) is 9.24. The zero-order chi connectivity index (χ0) is 20.9. The van der Waals surface area contributed by atoms with Gasteiger partial charge in [0.2, 0.25) is 0 Å². The predicted molar refractivity (Wildman–Crippen MR) is 115 cm³/mol. The number of ether oxygens (including phenoxy) is 2. The minimum Gasteiger partial charge on any atom is -0.493 e. The van der Waals surface area contributed by atoms with Crippen LogP contribution in [0, 0.1) is 5.41 Å². The average molecular weight is 404 g/mol. The number of methoxy groups -OCH3 is 1. The van der Waals surface area contributed by atoms with Crippen LogP contribution in [-0.2, 0) is 11.8 Å². The Balaban J connectivity index is 2.47. The lowest BCUT2D eigenvalue weighted by molar-refractivity contribution is -0.120. The number of Topliss-reactive ketones (excluding diaryl/α,β-unsaturated/α-hetero) is 1. The lowest BCUT2D eigenvalue weighted by Gasteiger charge is -2.12. The molecule has 0 saturated carbocycles. The number of unbranched alkanes of at least 4 members (excludes halogenated alkanes) is 1. The summed E-state index contributed by atoms with van der Waals surface area (Å²) in [6.07, 6.45) is 5.38. The molecule has 0 atom stereocenters. The van der Waals surface area contributed by atoms with Gasteiger partial charge >= 0.3 is 0 Å². The maximum absolute atomic E-state index is 12.6. The van der Waals surface area contributed by atoms with E-state index < -0.39 is 5.41 Å². The van der Waals surface area contributed by atoms with Crippen molar-refractivity contribution in [3.05, 3.63) is 43.3 Å². The number of rotatable bonds is 7. The Morgan fingerprint density at radius 3 is 2.57 bits per heavy atom. The Bertz CT molecular complexity index is 1010. The number of carbonyl (C=O) groups excluding carboxylic acids is 1. The zero-order valence-electron chi connectivity index (χ0n) is 17.5. The van der Waals surface area contributed by atoms with Crippen LogP contribution in [0.4, 0.5) is 0 Å². The third kappa shape index (κ3) is 5.35. The van der Waals surface area contributed by atoms with Crippen LogP contribution in [0.1, 0.15) is 46.1 Å². The van der Waals surface area contributed by atoms with E-state index in [9.17, 15) is 9.59 Å². The molecule has 2 rings (SSSR count). The molecule has 0 unspecified atom stereocenters. The van der Waals surface area contributed by atoms with E-state index in [1.54, 1.807) is 20.2 Å². The van der Waals surface area contributed by atoms with Crippen LogP contribution in [0.5, 0.6) is 11.5 Å². The number of aromatic nitrogens is 1. The van der Waals surface area contributed by atoms with Gasteiger partial charge in [-0.25, -0.2) is 0 Å². The van der Waals surface area contributed by atoms with Crippen LogP contribution in [0.3, 0.4) is 0 Å². The third-order valence-electron chi connectivity index (χ3n) is 4.30. The average Bonchev–Trinajstić information content (AvgIpc) is 2.89. The van der Waals surface area contributed by atoms with Gasteiger partial charge in [-0.15, -0.1) is 11.3 Å². The molecular formula is C22H29NO4S. The molecule has 0 N–H and O–H groups in total. The number of benzene rings is 1. The van der Waals surface area contributed by atoms with Gasteiger partial charge in [-0.1, -0.05) is 40.2 Å². The molecule has 1 aromatic heterocycles. The normalized spacial score (nSPS) is 13.1. The summed E-state index contributed by atoms with van der Waals surface area (Å²) in [6, 6.07) is 5.59. The van der Waals surface area contributed by atoms with Gasteiger partial charge in [0, 0.05) is 18.5 Å². The van der Waals surface area contributed by atoms with Crippen LogP contribution in [0.15, 0.2) is 23.0 Å². The first kappa shape index (κ1) is 22.0. The monoisotopic (exact) mass is 403 g/mol. The molecule has 28 heavy (non-hydrogen) atoms. The second-order valence-electron chi connectivity index (χ2n) is 7.68. The van der Waals surface area contributed by atoms with E-state index in [-0.39, 0.29) is 11.3 Å². The molecule has 0 bridgehead atoms. The lowest BCUT2D eigenvalue weighted by atomic mass is 9.91.